The second-order valence-corrected chi connectivity index (χ2v) is 3.98. The summed E-state index contributed by atoms with van der Waals surface area (Å²) in [6, 6.07) is 0. The molecule has 0 aromatic carbocycles. The Morgan fingerprint density at radius 3 is 2.85 bits per heavy atom. The normalized spacial score (nSPS) is 27.5. The molecule has 2 heteroatoms. The Hall–Kier alpha value is -0.530. The Labute approximate surface area is 80.7 Å². The quantitative estimate of drug-likeness (QED) is 0.628. The van der Waals surface area contributed by atoms with Crippen molar-refractivity contribution in [2.45, 2.75) is 58.5 Å². The lowest BCUT2D eigenvalue weighted by Gasteiger charge is -2.18. The van der Waals surface area contributed by atoms with E-state index in [2.05, 4.69) is 6.92 Å². The van der Waals surface area contributed by atoms with Crippen molar-refractivity contribution in [2.24, 2.45) is 5.92 Å². The highest BCUT2D eigenvalue weighted by molar-refractivity contribution is 5.66. The van der Waals surface area contributed by atoms with Crippen LogP contribution in [0.2, 0.25) is 0 Å². The van der Waals surface area contributed by atoms with Crippen LogP contribution >= 0.6 is 0 Å². The number of carbonyl (C=O) groups is 1. The summed E-state index contributed by atoms with van der Waals surface area (Å²) >= 11 is 0. The first-order valence-corrected chi connectivity index (χ1v) is 5.41. The predicted molar refractivity (Wildman–Crippen MR) is 52.4 cm³/mol. The first-order valence-electron chi connectivity index (χ1n) is 5.41. The van der Waals surface area contributed by atoms with Crippen LogP contribution in [0.4, 0.5) is 0 Å². The molecule has 0 N–H and O–H groups in total. The van der Waals surface area contributed by atoms with Gasteiger partial charge in [0, 0.05) is 6.92 Å². The summed E-state index contributed by atoms with van der Waals surface area (Å²) in [5.74, 6) is 0.525. The molecule has 0 aromatic heterocycles. The molecule has 0 radical (unpaired) electrons. The molecule has 1 fully saturated rings. The zero-order valence-corrected chi connectivity index (χ0v) is 8.71. The molecule has 76 valence electrons. The number of rotatable bonds is 4. The number of esters is 1. The molecule has 0 aromatic rings. The van der Waals surface area contributed by atoms with Crippen molar-refractivity contribution < 1.29 is 9.53 Å². The number of hydrogen-bond donors (Lipinski definition) is 0. The van der Waals surface area contributed by atoms with Crippen LogP contribution in [0.15, 0.2) is 0 Å². The van der Waals surface area contributed by atoms with Crippen molar-refractivity contribution in [1.29, 1.82) is 0 Å². The van der Waals surface area contributed by atoms with Gasteiger partial charge in [-0.25, -0.2) is 0 Å². The molecule has 13 heavy (non-hydrogen) atoms. The van der Waals surface area contributed by atoms with E-state index < -0.39 is 0 Å². The first kappa shape index (κ1) is 10.6. The smallest absolute Gasteiger partial charge is 0.302 e. The fourth-order valence-corrected chi connectivity index (χ4v) is 2.17. The van der Waals surface area contributed by atoms with Crippen molar-refractivity contribution in [3.63, 3.8) is 0 Å². The molecule has 0 aliphatic heterocycles. The minimum Gasteiger partial charge on any atom is -0.462 e. The van der Waals surface area contributed by atoms with Gasteiger partial charge in [0.15, 0.2) is 0 Å². The summed E-state index contributed by atoms with van der Waals surface area (Å²) in [6.07, 6.45) is 7.52. The van der Waals surface area contributed by atoms with Gasteiger partial charge in [0.05, 0.1) is 0 Å². The SMILES string of the molecule is CCCCC1CCCC1OC(C)=O. The maximum absolute atomic E-state index is 10.8. The van der Waals surface area contributed by atoms with E-state index in [4.69, 9.17) is 4.74 Å². The lowest BCUT2D eigenvalue weighted by atomic mass is 9.99. The molecule has 0 saturated heterocycles. The van der Waals surface area contributed by atoms with Crippen LogP contribution in [0.3, 0.4) is 0 Å². The maximum atomic E-state index is 10.8. The molecule has 2 nitrogen and oxygen atoms in total. The fourth-order valence-electron chi connectivity index (χ4n) is 2.17. The van der Waals surface area contributed by atoms with Crippen molar-refractivity contribution >= 4 is 5.97 Å². The zero-order chi connectivity index (χ0) is 9.68. The Bertz CT molecular complexity index is 165. The molecule has 1 aliphatic carbocycles. The molecule has 2 atom stereocenters. The van der Waals surface area contributed by atoms with E-state index in [0.717, 1.165) is 6.42 Å². The second kappa shape index (κ2) is 5.25. The van der Waals surface area contributed by atoms with E-state index >= 15 is 0 Å². The number of hydrogen-bond acceptors (Lipinski definition) is 2. The molecule has 0 heterocycles. The number of ether oxygens (including phenoxy) is 1. The monoisotopic (exact) mass is 184 g/mol. The molecule has 0 amide bonds. The van der Waals surface area contributed by atoms with Crippen molar-refractivity contribution in [2.75, 3.05) is 0 Å². The van der Waals surface area contributed by atoms with Gasteiger partial charge in [0.25, 0.3) is 0 Å². The van der Waals surface area contributed by atoms with Gasteiger partial charge in [-0.1, -0.05) is 19.8 Å². The summed E-state index contributed by atoms with van der Waals surface area (Å²) in [6.45, 7) is 3.71. The fraction of sp³-hybridized carbons (Fsp3) is 0.909. The van der Waals surface area contributed by atoms with Gasteiger partial charge in [-0.05, 0) is 31.6 Å². The molecular weight excluding hydrogens is 164 g/mol. The van der Waals surface area contributed by atoms with Crippen molar-refractivity contribution in [3.05, 3.63) is 0 Å². The Morgan fingerprint density at radius 2 is 2.23 bits per heavy atom. The maximum Gasteiger partial charge on any atom is 0.302 e. The summed E-state index contributed by atoms with van der Waals surface area (Å²) in [7, 11) is 0. The minimum atomic E-state index is -0.117. The molecule has 1 rings (SSSR count). The molecule has 1 aliphatic rings. The van der Waals surface area contributed by atoms with Gasteiger partial charge < -0.3 is 4.74 Å². The van der Waals surface area contributed by atoms with Gasteiger partial charge in [-0.2, -0.15) is 0 Å². The zero-order valence-electron chi connectivity index (χ0n) is 8.71. The third kappa shape index (κ3) is 3.37. The molecule has 0 spiro atoms. The molecule has 2 unspecified atom stereocenters. The van der Waals surface area contributed by atoms with Crippen LogP contribution in [0.5, 0.6) is 0 Å². The number of unbranched alkanes of at least 4 members (excludes halogenated alkanes) is 1. The lowest BCUT2D eigenvalue weighted by Crippen LogP contribution is -2.20. The third-order valence-electron chi connectivity index (χ3n) is 2.84. The largest absolute Gasteiger partial charge is 0.462 e. The van der Waals surface area contributed by atoms with Gasteiger partial charge in [0.1, 0.15) is 6.10 Å². The highest BCUT2D eigenvalue weighted by Crippen LogP contribution is 2.32. The van der Waals surface area contributed by atoms with E-state index in [1.54, 1.807) is 0 Å². The summed E-state index contributed by atoms with van der Waals surface area (Å²) in [4.78, 5) is 10.8. The molecule has 0 bridgehead atoms. The van der Waals surface area contributed by atoms with Crippen molar-refractivity contribution in [3.8, 4) is 0 Å². The minimum absolute atomic E-state index is 0.117. The average Bonchev–Trinajstić information content (AvgIpc) is 2.48. The second-order valence-electron chi connectivity index (χ2n) is 3.98. The lowest BCUT2D eigenvalue weighted by molar-refractivity contribution is -0.148. The van der Waals surface area contributed by atoms with Crippen LogP contribution in [0, 0.1) is 5.92 Å². The Kier molecular flexibility index (Phi) is 4.26. The van der Waals surface area contributed by atoms with Gasteiger partial charge >= 0.3 is 5.97 Å². The molecular formula is C11H20O2. The average molecular weight is 184 g/mol. The first-order chi connectivity index (χ1) is 6.24. The predicted octanol–water partition coefficient (Wildman–Crippen LogP) is 2.91. The summed E-state index contributed by atoms with van der Waals surface area (Å²) in [5, 5.41) is 0. The van der Waals surface area contributed by atoms with Crippen LogP contribution in [-0.4, -0.2) is 12.1 Å². The van der Waals surface area contributed by atoms with E-state index in [1.807, 2.05) is 0 Å². The standard InChI is InChI=1S/C11H20O2/c1-3-4-6-10-7-5-8-11(10)13-9(2)12/h10-11H,3-8H2,1-2H3. The Balaban J connectivity index is 2.30. The summed E-state index contributed by atoms with van der Waals surface area (Å²) in [5.41, 5.74) is 0. The highest BCUT2D eigenvalue weighted by atomic mass is 16.5. The van der Waals surface area contributed by atoms with Crippen molar-refractivity contribution in [1.82, 2.24) is 0 Å². The Morgan fingerprint density at radius 1 is 1.46 bits per heavy atom. The number of carbonyl (C=O) groups excluding carboxylic acids is 1. The van der Waals surface area contributed by atoms with Crippen LogP contribution in [0.25, 0.3) is 0 Å². The van der Waals surface area contributed by atoms with Gasteiger partial charge in [0.2, 0.25) is 0 Å². The van der Waals surface area contributed by atoms with Gasteiger partial charge in [-0.15, -0.1) is 0 Å². The third-order valence-corrected chi connectivity index (χ3v) is 2.84. The van der Waals surface area contributed by atoms with E-state index in [0.29, 0.717) is 5.92 Å². The van der Waals surface area contributed by atoms with E-state index in [9.17, 15) is 4.79 Å². The van der Waals surface area contributed by atoms with Crippen LogP contribution < -0.4 is 0 Å². The molecule has 1 saturated carbocycles. The van der Waals surface area contributed by atoms with Crippen LogP contribution in [-0.2, 0) is 9.53 Å². The van der Waals surface area contributed by atoms with Crippen LogP contribution in [0.1, 0.15) is 52.4 Å². The van der Waals surface area contributed by atoms with E-state index in [1.165, 1.54) is 39.0 Å². The summed E-state index contributed by atoms with van der Waals surface area (Å²) < 4.78 is 5.28. The van der Waals surface area contributed by atoms with Gasteiger partial charge in [-0.3, -0.25) is 4.79 Å². The van der Waals surface area contributed by atoms with E-state index in [-0.39, 0.29) is 12.1 Å². The highest BCUT2D eigenvalue weighted by Gasteiger charge is 2.28. The topological polar surface area (TPSA) is 26.3 Å².